The topological polar surface area (TPSA) is 12.0 Å². The molecule has 1 nitrogen and oxygen atoms in total. The second-order valence-electron chi connectivity index (χ2n) is 3.65. The lowest BCUT2D eigenvalue weighted by molar-refractivity contribution is 0.420. The van der Waals surface area contributed by atoms with Crippen LogP contribution in [0.5, 0.6) is 0 Å². The maximum Gasteiger partial charge on any atom is 0.0166 e. The molecule has 0 aromatic heterocycles. The molecule has 0 aromatic carbocycles. The Kier molecular flexibility index (Phi) is 5.08. The van der Waals surface area contributed by atoms with Gasteiger partial charge in [0.05, 0.1) is 0 Å². The van der Waals surface area contributed by atoms with Crippen LogP contribution in [0, 0.1) is 5.92 Å². The molecule has 1 atom stereocenters. The standard InChI is InChI=1S/C10H21NS/c1-3-9(4-2)7-11-10-5-6-12-8-10/h9-11H,3-8H2,1-2H3. The lowest BCUT2D eigenvalue weighted by Gasteiger charge is -2.16. The van der Waals surface area contributed by atoms with Gasteiger partial charge in [-0.05, 0) is 24.6 Å². The Hall–Kier alpha value is 0.310. The van der Waals surface area contributed by atoms with E-state index in [1.807, 2.05) is 0 Å². The third-order valence-electron chi connectivity index (χ3n) is 2.78. The summed E-state index contributed by atoms with van der Waals surface area (Å²) in [4.78, 5) is 0. The maximum absolute atomic E-state index is 3.66. The summed E-state index contributed by atoms with van der Waals surface area (Å²) < 4.78 is 0. The van der Waals surface area contributed by atoms with Crippen molar-refractivity contribution in [3.05, 3.63) is 0 Å². The third kappa shape index (κ3) is 3.36. The van der Waals surface area contributed by atoms with Crippen molar-refractivity contribution < 1.29 is 0 Å². The summed E-state index contributed by atoms with van der Waals surface area (Å²) in [5, 5.41) is 3.66. The molecule has 0 aromatic rings. The van der Waals surface area contributed by atoms with Crippen LogP contribution in [0.25, 0.3) is 0 Å². The minimum Gasteiger partial charge on any atom is -0.313 e. The van der Waals surface area contributed by atoms with Gasteiger partial charge in [0, 0.05) is 11.8 Å². The molecule has 1 unspecified atom stereocenters. The zero-order chi connectivity index (χ0) is 8.81. The Morgan fingerprint density at radius 2 is 2.17 bits per heavy atom. The van der Waals surface area contributed by atoms with Gasteiger partial charge in [-0.2, -0.15) is 11.8 Å². The van der Waals surface area contributed by atoms with Crippen molar-refractivity contribution >= 4 is 11.8 Å². The highest BCUT2D eigenvalue weighted by atomic mass is 32.2. The molecule has 0 amide bonds. The van der Waals surface area contributed by atoms with E-state index < -0.39 is 0 Å². The molecule has 1 aliphatic heterocycles. The Balaban J connectivity index is 2.06. The molecule has 0 radical (unpaired) electrons. The van der Waals surface area contributed by atoms with E-state index in [0.717, 1.165) is 12.0 Å². The normalized spacial score (nSPS) is 23.8. The number of thioether (sulfide) groups is 1. The van der Waals surface area contributed by atoms with Crippen molar-refractivity contribution in [2.75, 3.05) is 18.1 Å². The SMILES string of the molecule is CCC(CC)CNC1CCSC1. The molecule has 2 heteroatoms. The van der Waals surface area contributed by atoms with Crippen LogP contribution in [0.4, 0.5) is 0 Å². The summed E-state index contributed by atoms with van der Waals surface area (Å²) in [6.07, 6.45) is 4.03. The predicted octanol–water partition coefficient (Wildman–Crippen LogP) is 2.52. The number of hydrogen-bond donors (Lipinski definition) is 1. The lowest BCUT2D eigenvalue weighted by Crippen LogP contribution is -2.32. The zero-order valence-corrected chi connectivity index (χ0v) is 9.12. The van der Waals surface area contributed by atoms with Gasteiger partial charge in [0.25, 0.3) is 0 Å². The van der Waals surface area contributed by atoms with Crippen LogP contribution in [0.1, 0.15) is 33.1 Å². The summed E-state index contributed by atoms with van der Waals surface area (Å²) in [5.41, 5.74) is 0. The van der Waals surface area contributed by atoms with E-state index in [1.54, 1.807) is 0 Å². The van der Waals surface area contributed by atoms with Crippen LogP contribution in [-0.4, -0.2) is 24.1 Å². The van der Waals surface area contributed by atoms with Crippen molar-refractivity contribution in [3.63, 3.8) is 0 Å². The molecule has 72 valence electrons. The minimum absolute atomic E-state index is 0.815. The highest BCUT2D eigenvalue weighted by Crippen LogP contribution is 2.17. The van der Waals surface area contributed by atoms with Crippen LogP contribution < -0.4 is 5.32 Å². The van der Waals surface area contributed by atoms with Crippen LogP contribution in [0.2, 0.25) is 0 Å². The van der Waals surface area contributed by atoms with E-state index in [9.17, 15) is 0 Å². The molecular weight excluding hydrogens is 166 g/mol. The fourth-order valence-corrected chi connectivity index (χ4v) is 2.79. The van der Waals surface area contributed by atoms with Gasteiger partial charge in [0.2, 0.25) is 0 Å². The first-order valence-corrected chi connectivity index (χ1v) is 6.33. The van der Waals surface area contributed by atoms with Crippen molar-refractivity contribution in [1.82, 2.24) is 5.32 Å². The summed E-state index contributed by atoms with van der Waals surface area (Å²) in [6.45, 7) is 5.82. The highest BCUT2D eigenvalue weighted by Gasteiger charge is 2.15. The van der Waals surface area contributed by atoms with Crippen molar-refractivity contribution in [2.24, 2.45) is 5.92 Å². The largest absolute Gasteiger partial charge is 0.313 e. The van der Waals surface area contributed by atoms with Gasteiger partial charge in [-0.3, -0.25) is 0 Å². The van der Waals surface area contributed by atoms with Gasteiger partial charge in [0.1, 0.15) is 0 Å². The van der Waals surface area contributed by atoms with Crippen LogP contribution in [-0.2, 0) is 0 Å². The molecule has 0 bridgehead atoms. The monoisotopic (exact) mass is 187 g/mol. The second kappa shape index (κ2) is 5.87. The first-order valence-electron chi connectivity index (χ1n) is 5.18. The molecule has 0 spiro atoms. The Labute approximate surface area is 80.7 Å². The van der Waals surface area contributed by atoms with Crippen molar-refractivity contribution in [3.8, 4) is 0 Å². The Bertz CT molecular complexity index is 104. The van der Waals surface area contributed by atoms with Gasteiger partial charge >= 0.3 is 0 Å². The van der Waals surface area contributed by atoms with Gasteiger partial charge in [-0.1, -0.05) is 26.7 Å². The van der Waals surface area contributed by atoms with Crippen molar-refractivity contribution in [2.45, 2.75) is 39.2 Å². The molecule has 12 heavy (non-hydrogen) atoms. The van der Waals surface area contributed by atoms with E-state index in [2.05, 4.69) is 30.9 Å². The Morgan fingerprint density at radius 1 is 1.42 bits per heavy atom. The molecule has 1 fully saturated rings. The molecule has 1 saturated heterocycles. The average Bonchev–Trinajstić information content (AvgIpc) is 2.59. The van der Waals surface area contributed by atoms with E-state index in [4.69, 9.17) is 0 Å². The summed E-state index contributed by atoms with van der Waals surface area (Å²) >= 11 is 2.09. The van der Waals surface area contributed by atoms with Gasteiger partial charge < -0.3 is 5.32 Å². The summed E-state index contributed by atoms with van der Waals surface area (Å²) in [6, 6.07) is 0.815. The Morgan fingerprint density at radius 3 is 2.67 bits per heavy atom. The zero-order valence-electron chi connectivity index (χ0n) is 8.31. The first-order chi connectivity index (χ1) is 5.86. The van der Waals surface area contributed by atoms with Crippen LogP contribution in [0.15, 0.2) is 0 Å². The van der Waals surface area contributed by atoms with Crippen LogP contribution in [0.3, 0.4) is 0 Å². The molecule has 0 saturated carbocycles. The fourth-order valence-electron chi connectivity index (χ4n) is 1.61. The quantitative estimate of drug-likeness (QED) is 0.710. The average molecular weight is 187 g/mol. The summed E-state index contributed by atoms with van der Waals surface area (Å²) in [5.74, 6) is 3.59. The number of nitrogens with one attached hydrogen (secondary N) is 1. The summed E-state index contributed by atoms with van der Waals surface area (Å²) in [7, 11) is 0. The van der Waals surface area contributed by atoms with E-state index >= 15 is 0 Å². The second-order valence-corrected chi connectivity index (χ2v) is 4.80. The first kappa shape index (κ1) is 10.4. The van der Waals surface area contributed by atoms with Gasteiger partial charge in [-0.25, -0.2) is 0 Å². The fraction of sp³-hybridized carbons (Fsp3) is 1.00. The predicted molar refractivity (Wildman–Crippen MR) is 57.8 cm³/mol. The third-order valence-corrected chi connectivity index (χ3v) is 3.94. The van der Waals surface area contributed by atoms with Crippen LogP contribution >= 0.6 is 11.8 Å². The molecule has 1 N–H and O–H groups in total. The molecule has 1 heterocycles. The van der Waals surface area contributed by atoms with E-state index in [1.165, 1.54) is 37.3 Å². The van der Waals surface area contributed by atoms with Gasteiger partial charge in [-0.15, -0.1) is 0 Å². The highest BCUT2D eigenvalue weighted by molar-refractivity contribution is 7.99. The maximum atomic E-state index is 3.66. The molecule has 1 rings (SSSR count). The smallest absolute Gasteiger partial charge is 0.0166 e. The minimum atomic E-state index is 0.815. The number of rotatable bonds is 5. The number of hydrogen-bond acceptors (Lipinski definition) is 2. The van der Waals surface area contributed by atoms with Crippen molar-refractivity contribution in [1.29, 1.82) is 0 Å². The van der Waals surface area contributed by atoms with E-state index in [-0.39, 0.29) is 0 Å². The van der Waals surface area contributed by atoms with E-state index in [0.29, 0.717) is 0 Å². The molecular formula is C10H21NS. The molecule has 1 aliphatic rings. The lowest BCUT2D eigenvalue weighted by atomic mass is 10.0. The van der Waals surface area contributed by atoms with Gasteiger partial charge in [0.15, 0.2) is 0 Å². The molecule has 0 aliphatic carbocycles.